The van der Waals surface area contributed by atoms with Gasteiger partial charge in [0.2, 0.25) is 0 Å². The average Bonchev–Trinajstić information content (AvgIpc) is 2.63. The van der Waals surface area contributed by atoms with Gasteiger partial charge >= 0.3 is 4.87 Å². The van der Waals surface area contributed by atoms with E-state index in [0.29, 0.717) is 0 Å². The van der Waals surface area contributed by atoms with Gasteiger partial charge in [0, 0.05) is 23.3 Å². The van der Waals surface area contributed by atoms with Crippen LogP contribution in [0.3, 0.4) is 0 Å². The third kappa shape index (κ3) is 2.97. The summed E-state index contributed by atoms with van der Waals surface area (Å²) in [6.45, 7) is 2.76. The lowest BCUT2D eigenvalue weighted by Gasteiger charge is -2.05. The number of benzene rings is 1. The Morgan fingerprint density at radius 2 is 2.00 bits per heavy atom. The maximum absolute atomic E-state index is 11.5. The summed E-state index contributed by atoms with van der Waals surface area (Å²) in [5.41, 5.74) is 8.74. The van der Waals surface area contributed by atoms with Gasteiger partial charge in [-0.25, -0.2) is 0 Å². The molecule has 0 amide bonds. The Kier molecular flexibility index (Phi) is 3.64. The van der Waals surface area contributed by atoms with Crippen molar-refractivity contribution in [1.29, 1.82) is 0 Å². The first-order valence-corrected chi connectivity index (χ1v) is 6.54. The highest BCUT2D eigenvalue weighted by Gasteiger charge is 2.02. The van der Waals surface area contributed by atoms with Crippen molar-refractivity contribution in [2.75, 3.05) is 5.73 Å². The van der Waals surface area contributed by atoms with E-state index >= 15 is 0 Å². The Morgan fingerprint density at radius 1 is 1.29 bits per heavy atom. The molecule has 90 valence electrons. The molecule has 0 aliphatic heterocycles. The van der Waals surface area contributed by atoms with Crippen LogP contribution in [0.1, 0.15) is 17.7 Å². The fourth-order valence-corrected chi connectivity index (χ4v) is 2.56. The summed E-state index contributed by atoms with van der Waals surface area (Å²) in [6, 6.07) is 7.91. The highest BCUT2D eigenvalue weighted by Crippen LogP contribution is 2.09. The van der Waals surface area contributed by atoms with Crippen molar-refractivity contribution in [3.05, 3.63) is 50.6 Å². The topological polar surface area (TPSA) is 48.0 Å². The second-order valence-electron chi connectivity index (χ2n) is 4.14. The number of hydrogen-bond acceptors (Lipinski definition) is 3. The minimum atomic E-state index is 0.139. The molecule has 1 aromatic heterocycles. The first-order valence-electron chi connectivity index (χ1n) is 5.66. The SMILES string of the molecule is Cc1csc(=O)n1CCCc1ccc(N)cc1. The molecule has 0 aliphatic carbocycles. The quantitative estimate of drug-likeness (QED) is 0.845. The summed E-state index contributed by atoms with van der Waals surface area (Å²) < 4.78 is 1.84. The predicted molar refractivity (Wildman–Crippen MR) is 72.5 cm³/mol. The number of thiazole rings is 1. The van der Waals surface area contributed by atoms with Gasteiger partial charge in [0.05, 0.1) is 0 Å². The Labute approximate surface area is 105 Å². The number of rotatable bonds is 4. The number of nitrogens with two attached hydrogens (primary N) is 1. The fraction of sp³-hybridized carbons (Fsp3) is 0.308. The molecule has 0 spiro atoms. The van der Waals surface area contributed by atoms with E-state index in [1.54, 1.807) is 0 Å². The summed E-state index contributed by atoms with van der Waals surface area (Å²) in [5.74, 6) is 0. The van der Waals surface area contributed by atoms with Gasteiger partial charge in [-0.3, -0.25) is 4.79 Å². The van der Waals surface area contributed by atoms with Crippen molar-refractivity contribution in [2.24, 2.45) is 0 Å². The molecule has 0 fully saturated rings. The van der Waals surface area contributed by atoms with Crippen molar-refractivity contribution < 1.29 is 0 Å². The third-order valence-electron chi connectivity index (χ3n) is 2.80. The van der Waals surface area contributed by atoms with Gasteiger partial charge in [-0.1, -0.05) is 23.5 Å². The lowest BCUT2D eigenvalue weighted by Crippen LogP contribution is -2.14. The molecule has 0 unspecified atom stereocenters. The molecule has 0 atom stereocenters. The minimum absolute atomic E-state index is 0.139. The van der Waals surface area contributed by atoms with E-state index in [1.807, 2.05) is 41.1 Å². The van der Waals surface area contributed by atoms with Crippen LogP contribution < -0.4 is 10.6 Å². The van der Waals surface area contributed by atoms with Crippen molar-refractivity contribution in [2.45, 2.75) is 26.3 Å². The smallest absolute Gasteiger partial charge is 0.307 e. The Bertz CT molecular complexity index is 539. The van der Waals surface area contributed by atoms with E-state index in [9.17, 15) is 4.79 Å². The van der Waals surface area contributed by atoms with E-state index < -0.39 is 0 Å². The molecule has 2 aromatic rings. The number of aromatic nitrogens is 1. The summed E-state index contributed by atoms with van der Waals surface area (Å²) in [7, 11) is 0. The van der Waals surface area contributed by atoms with Gasteiger partial charge in [0.15, 0.2) is 0 Å². The summed E-state index contributed by atoms with van der Waals surface area (Å²) in [6.07, 6.45) is 1.95. The van der Waals surface area contributed by atoms with Crippen LogP contribution in [0.15, 0.2) is 34.4 Å². The first kappa shape index (κ1) is 11.9. The molecule has 3 nitrogen and oxygen atoms in total. The van der Waals surface area contributed by atoms with Crippen LogP contribution in [-0.4, -0.2) is 4.57 Å². The molecule has 0 radical (unpaired) electrons. The maximum atomic E-state index is 11.5. The number of nitrogen functional groups attached to an aromatic ring is 1. The van der Waals surface area contributed by atoms with Crippen LogP contribution in [0.5, 0.6) is 0 Å². The van der Waals surface area contributed by atoms with E-state index in [2.05, 4.69) is 0 Å². The maximum Gasteiger partial charge on any atom is 0.307 e. The monoisotopic (exact) mass is 248 g/mol. The number of hydrogen-bond donors (Lipinski definition) is 1. The van der Waals surface area contributed by atoms with Gasteiger partial charge in [-0.2, -0.15) is 0 Å². The van der Waals surface area contributed by atoms with Gasteiger partial charge in [-0.15, -0.1) is 0 Å². The van der Waals surface area contributed by atoms with E-state index in [4.69, 9.17) is 5.73 Å². The number of aryl methyl sites for hydroxylation is 2. The second-order valence-corrected chi connectivity index (χ2v) is 4.96. The Hall–Kier alpha value is -1.55. The molecule has 1 aromatic carbocycles. The molecule has 0 aliphatic rings. The molecular formula is C13H16N2OS. The molecular weight excluding hydrogens is 232 g/mol. The van der Waals surface area contributed by atoms with Gasteiger partial charge in [-0.05, 0) is 37.5 Å². The van der Waals surface area contributed by atoms with Crippen molar-refractivity contribution in [3.8, 4) is 0 Å². The zero-order chi connectivity index (χ0) is 12.3. The molecule has 0 saturated heterocycles. The average molecular weight is 248 g/mol. The molecule has 0 saturated carbocycles. The lowest BCUT2D eigenvalue weighted by molar-refractivity contribution is 0.620. The van der Waals surface area contributed by atoms with Crippen molar-refractivity contribution >= 4 is 17.0 Å². The lowest BCUT2D eigenvalue weighted by atomic mass is 10.1. The molecule has 2 N–H and O–H groups in total. The molecule has 17 heavy (non-hydrogen) atoms. The van der Waals surface area contributed by atoms with E-state index in [-0.39, 0.29) is 4.87 Å². The summed E-state index contributed by atoms with van der Waals surface area (Å²) in [5, 5.41) is 1.91. The van der Waals surface area contributed by atoms with E-state index in [0.717, 1.165) is 30.8 Å². The van der Waals surface area contributed by atoms with Crippen LogP contribution in [0.25, 0.3) is 0 Å². The molecule has 2 rings (SSSR count). The molecule has 0 bridgehead atoms. The highest BCUT2D eigenvalue weighted by atomic mass is 32.1. The normalized spacial score (nSPS) is 10.6. The Balaban J connectivity index is 1.92. The molecule has 4 heteroatoms. The standard InChI is InChI=1S/C13H16N2OS/c1-10-9-17-13(16)15(10)8-2-3-11-4-6-12(14)7-5-11/h4-7,9H,2-3,8,14H2,1H3. The summed E-state index contributed by atoms with van der Waals surface area (Å²) in [4.78, 5) is 11.6. The molecule has 1 heterocycles. The Morgan fingerprint density at radius 3 is 2.59 bits per heavy atom. The highest BCUT2D eigenvalue weighted by molar-refractivity contribution is 7.07. The van der Waals surface area contributed by atoms with Crippen molar-refractivity contribution in [3.63, 3.8) is 0 Å². The first-order chi connectivity index (χ1) is 8.16. The van der Waals surface area contributed by atoms with Gasteiger partial charge in [0.25, 0.3) is 0 Å². The predicted octanol–water partition coefficient (Wildman–Crippen LogP) is 2.43. The van der Waals surface area contributed by atoms with Crippen LogP contribution in [0.4, 0.5) is 5.69 Å². The fourth-order valence-electron chi connectivity index (χ4n) is 1.80. The zero-order valence-corrected chi connectivity index (χ0v) is 10.7. The van der Waals surface area contributed by atoms with E-state index in [1.165, 1.54) is 16.9 Å². The third-order valence-corrected chi connectivity index (χ3v) is 3.68. The number of nitrogens with zero attached hydrogens (tertiary/aromatic N) is 1. The second kappa shape index (κ2) is 5.19. The van der Waals surface area contributed by atoms with Crippen LogP contribution in [0.2, 0.25) is 0 Å². The largest absolute Gasteiger partial charge is 0.399 e. The van der Waals surface area contributed by atoms with Crippen LogP contribution in [-0.2, 0) is 13.0 Å². The number of anilines is 1. The minimum Gasteiger partial charge on any atom is -0.399 e. The van der Waals surface area contributed by atoms with Crippen LogP contribution in [0, 0.1) is 6.92 Å². The van der Waals surface area contributed by atoms with Gasteiger partial charge in [0.1, 0.15) is 0 Å². The van der Waals surface area contributed by atoms with Crippen LogP contribution >= 0.6 is 11.3 Å². The zero-order valence-electron chi connectivity index (χ0n) is 9.85. The summed E-state index contributed by atoms with van der Waals surface area (Å²) >= 11 is 1.27. The van der Waals surface area contributed by atoms with Gasteiger partial charge < -0.3 is 10.3 Å². The van der Waals surface area contributed by atoms with Crippen molar-refractivity contribution in [1.82, 2.24) is 4.57 Å².